The van der Waals surface area contributed by atoms with E-state index in [2.05, 4.69) is 0 Å². The highest BCUT2D eigenvalue weighted by molar-refractivity contribution is 7.98. The van der Waals surface area contributed by atoms with Crippen LogP contribution in [0.5, 0.6) is 0 Å². The summed E-state index contributed by atoms with van der Waals surface area (Å²) in [7, 11) is 0. The molecule has 0 aromatic rings. The summed E-state index contributed by atoms with van der Waals surface area (Å²) in [5.74, 6) is 0.637. The highest BCUT2D eigenvalue weighted by atomic mass is 32.2. The summed E-state index contributed by atoms with van der Waals surface area (Å²) in [6.07, 6.45) is 6.61. The molecule has 12 heavy (non-hydrogen) atoms. The van der Waals surface area contributed by atoms with E-state index in [0.29, 0.717) is 5.75 Å². The smallest absolute Gasteiger partial charge is 0.181 e. The van der Waals surface area contributed by atoms with E-state index in [9.17, 15) is 9.11 Å². The molecular weight excluding hydrogens is 192 g/mol. The van der Waals surface area contributed by atoms with Crippen LogP contribution in [0.4, 0.5) is 0 Å². The topological polar surface area (TPSA) is 46.1 Å². The van der Waals surface area contributed by atoms with Gasteiger partial charge in [0.15, 0.2) is 10.5 Å². The van der Waals surface area contributed by atoms with Gasteiger partial charge < -0.3 is 9.11 Å². The molecule has 0 aromatic heterocycles. The maximum absolute atomic E-state index is 11.4. The zero-order valence-electron chi connectivity index (χ0n) is 6.51. The van der Waals surface area contributed by atoms with Crippen molar-refractivity contribution in [3.63, 3.8) is 0 Å². The van der Waals surface area contributed by atoms with E-state index in [1.807, 2.05) is 18.2 Å². The molecule has 0 N–H and O–H groups in total. The molecule has 2 heterocycles. The Hall–Kier alpha value is 0.1000. The maximum atomic E-state index is 11.4. The monoisotopic (exact) mass is 202 g/mol. The molecule has 0 saturated heterocycles. The van der Waals surface area contributed by atoms with E-state index >= 15 is 0 Å². The first-order chi connectivity index (χ1) is 5.79. The fourth-order valence-electron chi connectivity index (χ4n) is 1.52. The van der Waals surface area contributed by atoms with Gasteiger partial charge in [0.1, 0.15) is 11.2 Å². The van der Waals surface area contributed by atoms with E-state index in [0.717, 1.165) is 6.42 Å². The minimum Gasteiger partial charge on any atom is -0.615 e. The van der Waals surface area contributed by atoms with Crippen molar-refractivity contribution in [2.45, 2.75) is 16.9 Å². The quantitative estimate of drug-likeness (QED) is 0.464. The number of allylic oxidation sites excluding steroid dienone is 1. The zero-order chi connectivity index (χ0) is 8.55. The van der Waals surface area contributed by atoms with E-state index in [1.54, 1.807) is 5.41 Å². The highest BCUT2D eigenvalue weighted by Gasteiger charge is 2.41. The second-order valence-corrected chi connectivity index (χ2v) is 6.09. The summed E-state index contributed by atoms with van der Waals surface area (Å²) in [5.41, 5.74) is 0. The van der Waals surface area contributed by atoms with Gasteiger partial charge in [0, 0.05) is 6.42 Å². The summed E-state index contributed by atoms with van der Waals surface area (Å²) in [6.45, 7) is 0. The van der Waals surface area contributed by atoms with Gasteiger partial charge in [-0.05, 0) is 40.6 Å². The molecule has 4 atom stereocenters. The largest absolute Gasteiger partial charge is 0.615 e. The van der Waals surface area contributed by atoms with Gasteiger partial charge in [0.2, 0.25) is 0 Å². The molecule has 2 nitrogen and oxygen atoms in total. The molecule has 0 bridgehead atoms. The van der Waals surface area contributed by atoms with Crippen LogP contribution < -0.4 is 0 Å². The van der Waals surface area contributed by atoms with Crippen LogP contribution in [-0.4, -0.2) is 25.4 Å². The Bertz CT molecular complexity index is 227. The third kappa shape index (κ3) is 1.44. The van der Waals surface area contributed by atoms with Gasteiger partial charge in [-0.3, -0.25) is 0 Å². The molecule has 0 aromatic carbocycles. The summed E-state index contributed by atoms with van der Waals surface area (Å²) < 4.78 is 22.8. The first kappa shape index (κ1) is 8.69. The maximum Gasteiger partial charge on any atom is 0.181 e. The lowest BCUT2D eigenvalue weighted by Gasteiger charge is -2.19. The second kappa shape index (κ2) is 3.46. The molecule has 2 aliphatic rings. The number of hydrogen-bond acceptors (Lipinski definition) is 2. The van der Waals surface area contributed by atoms with E-state index in [4.69, 9.17) is 0 Å². The lowest BCUT2D eigenvalue weighted by molar-refractivity contribution is 0.575. The van der Waals surface area contributed by atoms with Crippen LogP contribution >= 0.6 is 0 Å². The van der Waals surface area contributed by atoms with Crippen LogP contribution in [0.3, 0.4) is 0 Å². The van der Waals surface area contributed by atoms with Crippen LogP contribution in [0, 0.1) is 0 Å². The SMILES string of the molecule is [O-][S+]1C=CCC1C1C=CC[S+]1[O-]. The Labute approximate surface area is 78.1 Å². The normalized spacial score (nSPS) is 45.8. The first-order valence-electron chi connectivity index (χ1n) is 3.89. The van der Waals surface area contributed by atoms with Crippen LogP contribution in [0.15, 0.2) is 23.6 Å². The molecule has 2 rings (SSSR count). The van der Waals surface area contributed by atoms with Crippen molar-refractivity contribution in [1.82, 2.24) is 0 Å². The standard InChI is InChI=1S/C8H10O2S2/c9-11-5-1-3-7(11)8-4-2-6-12(8)10/h1-3,6-8H,4-5H2. The van der Waals surface area contributed by atoms with Crippen molar-refractivity contribution < 1.29 is 9.11 Å². The second-order valence-electron chi connectivity index (χ2n) is 2.91. The predicted octanol–water partition coefficient (Wildman–Crippen LogP) is 0.708. The van der Waals surface area contributed by atoms with Crippen molar-refractivity contribution in [1.29, 1.82) is 0 Å². The number of rotatable bonds is 1. The Morgan fingerprint density at radius 1 is 1.25 bits per heavy atom. The van der Waals surface area contributed by atoms with Gasteiger partial charge >= 0.3 is 0 Å². The Morgan fingerprint density at radius 3 is 2.58 bits per heavy atom. The van der Waals surface area contributed by atoms with Crippen molar-refractivity contribution in [3.05, 3.63) is 23.6 Å². The first-order valence-corrected chi connectivity index (χ1v) is 6.55. The van der Waals surface area contributed by atoms with Crippen molar-refractivity contribution in [3.8, 4) is 0 Å². The molecule has 66 valence electrons. The molecule has 4 unspecified atom stereocenters. The predicted molar refractivity (Wildman–Crippen MR) is 51.6 cm³/mol. The average molecular weight is 202 g/mol. The Kier molecular flexibility index (Phi) is 2.50. The average Bonchev–Trinajstić information content (AvgIpc) is 2.59. The van der Waals surface area contributed by atoms with Gasteiger partial charge in [-0.25, -0.2) is 0 Å². The Balaban J connectivity index is 2.05. The van der Waals surface area contributed by atoms with Crippen molar-refractivity contribution in [2.24, 2.45) is 0 Å². The summed E-state index contributed by atoms with van der Waals surface area (Å²) in [4.78, 5) is 0. The van der Waals surface area contributed by atoms with Crippen molar-refractivity contribution in [2.75, 3.05) is 5.75 Å². The van der Waals surface area contributed by atoms with Crippen LogP contribution in [0.1, 0.15) is 6.42 Å². The van der Waals surface area contributed by atoms with Crippen molar-refractivity contribution >= 4 is 22.4 Å². The fraction of sp³-hybridized carbons (Fsp3) is 0.500. The third-order valence-electron chi connectivity index (χ3n) is 2.15. The number of hydrogen-bond donors (Lipinski definition) is 0. The molecule has 4 heteroatoms. The molecule has 0 aliphatic carbocycles. The summed E-state index contributed by atoms with van der Waals surface area (Å²) in [5, 5.41) is 1.82. The van der Waals surface area contributed by atoms with Gasteiger partial charge in [-0.15, -0.1) is 0 Å². The van der Waals surface area contributed by atoms with Crippen LogP contribution in [-0.2, 0) is 22.4 Å². The minimum absolute atomic E-state index is 0.0285. The molecule has 0 amide bonds. The molecule has 0 spiro atoms. The summed E-state index contributed by atoms with van der Waals surface area (Å²) in [6, 6.07) is 0. The molecule has 2 aliphatic heterocycles. The Morgan fingerprint density at radius 2 is 2.08 bits per heavy atom. The van der Waals surface area contributed by atoms with Gasteiger partial charge in [-0.1, -0.05) is 0 Å². The van der Waals surface area contributed by atoms with Crippen LogP contribution in [0.25, 0.3) is 0 Å². The highest BCUT2D eigenvalue weighted by Crippen LogP contribution is 2.28. The van der Waals surface area contributed by atoms with Gasteiger partial charge in [0.05, 0.1) is 0 Å². The fourth-order valence-corrected chi connectivity index (χ4v) is 4.64. The minimum atomic E-state index is -0.896. The zero-order valence-corrected chi connectivity index (χ0v) is 8.14. The lowest BCUT2D eigenvalue weighted by atomic mass is 10.2. The summed E-state index contributed by atoms with van der Waals surface area (Å²) >= 11 is -1.71. The molecule has 0 fully saturated rings. The lowest BCUT2D eigenvalue weighted by Crippen LogP contribution is -2.33. The molecule has 0 radical (unpaired) electrons. The van der Waals surface area contributed by atoms with Gasteiger partial charge in [-0.2, -0.15) is 0 Å². The van der Waals surface area contributed by atoms with Gasteiger partial charge in [0.25, 0.3) is 0 Å². The molecule has 0 saturated carbocycles. The van der Waals surface area contributed by atoms with E-state index in [1.165, 1.54) is 0 Å². The van der Waals surface area contributed by atoms with E-state index in [-0.39, 0.29) is 10.5 Å². The molecular formula is C8H10O2S2. The van der Waals surface area contributed by atoms with E-state index < -0.39 is 22.4 Å². The third-order valence-corrected chi connectivity index (χ3v) is 5.48. The van der Waals surface area contributed by atoms with Crippen LogP contribution in [0.2, 0.25) is 0 Å².